The van der Waals surface area contributed by atoms with Gasteiger partial charge in [0.05, 0.1) is 10.2 Å². The standard InChI is InChI=1S/C19H17FN2O2S/c1-3-10-22-16-9-4-13(2)11-17(16)25-19(22)21-18(23)12-24-15-7-5-14(20)6-8-15/h3-9,11H,1,10,12H2,2H3. The van der Waals surface area contributed by atoms with Crippen LogP contribution in [-0.4, -0.2) is 17.1 Å². The fourth-order valence-corrected chi connectivity index (χ4v) is 3.54. The molecule has 1 amide bonds. The number of hydrogen-bond acceptors (Lipinski definition) is 3. The second-order valence-electron chi connectivity index (χ2n) is 5.50. The van der Waals surface area contributed by atoms with Crippen LogP contribution in [0.3, 0.4) is 0 Å². The molecule has 0 bridgehead atoms. The van der Waals surface area contributed by atoms with E-state index in [1.807, 2.05) is 23.6 Å². The summed E-state index contributed by atoms with van der Waals surface area (Å²) in [5.74, 6) is -0.323. The van der Waals surface area contributed by atoms with Gasteiger partial charge in [0, 0.05) is 6.54 Å². The highest BCUT2D eigenvalue weighted by molar-refractivity contribution is 7.16. The van der Waals surface area contributed by atoms with Gasteiger partial charge in [0.1, 0.15) is 11.6 Å². The molecule has 0 aliphatic carbocycles. The molecule has 25 heavy (non-hydrogen) atoms. The second-order valence-corrected chi connectivity index (χ2v) is 6.51. The summed E-state index contributed by atoms with van der Waals surface area (Å²) in [7, 11) is 0. The van der Waals surface area contributed by atoms with Crippen molar-refractivity contribution in [3.8, 4) is 5.75 Å². The van der Waals surface area contributed by atoms with E-state index in [0.717, 1.165) is 15.8 Å². The number of aromatic nitrogens is 1. The molecule has 3 rings (SSSR count). The van der Waals surface area contributed by atoms with Crippen LogP contribution in [0.4, 0.5) is 4.39 Å². The van der Waals surface area contributed by atoms with Crippen molar-refractivity contribution in [1.29, 1.82) is 0 Å². The first-order valence-corrected chi connectivity index (χ1v) is 8.55. The zero-order chi connectivity index (χ0) is 17.8. The minimum Gasteiger partial charge on any atom is -0.484 e. The van der Waals surface area contributed by atoms with Gasteiger partial charge in [-0.2, -0.15) is 4.99 Å². The Morgan fingerprint density at radius 2 is 2.08 bits per heavy atom. The summed E-state index contributed by atoms with van der Waals surface area (Å²) in [5.41, 5.74) is 2.17. The molecule has 0 spiro atoms. The Bertz CT molecular complexity index is 987. The molecule has 1 aromatic heterocycles. The van der Waals surface area contributed by atoms with Crippen LogP contribution >= 0.6 is 11.3 Å². The molecular weight excluding hydrogens is 339 g/mol. The first kappa shape index (κ1) is 17.1. The lowest BCUT2D eigenvalue weighted by Crippen LogP contribution is -2.19. The number of nitrogens with zero attached hydrogens (tertiary/aromatic N) is 2. The molecule has 4 nitrogen and oxygen atoms in total. The van der Waals surface area contributed by atoms with Crippen LogP contribution in [0.1, 0.15) is 5.56 Å². The number of amides is 1. The Hall–Kier alpha value is -2.73. The third-order valence-electron chi connectivity index (χ3n) is 3.55. The van der Waals surface area contributed by atoms with E-state index in [1.54, 1.807) is 6.08 Å². The Morgan fingerprint density at radius 1 is 1.32 bits per heavy atom. The molecule has 0 saturated carbocycles. The van der Waals surface area contributed by atoms with Crippen LogP contribution in [0.15, 0.2) is 60.1 Å². The van der Waals surface area contributed by atoms with Crippen molar-refractivity contribution in [3.05, 3.63) is 71.3 Å². The number of rotatable bonds is 5. The van der Waals surface area contributed by atoms with Crippen molar-refractivity contribution in [3.63, 3.8) is 0 Å². The number of halogens is 1. The highest BCUT2D eigenvalue weighted by Gasteiger charge is 2.08. The van der Waals surface area contributed by atoms with Gasteiger partial charge in [-0.1, -0.05) is 23.5 Å². The van der Waals surface area contributed by atoms with E-state index >= 15 is 0 Å². The van der Waals surface area contributed by atoms with Crippen LogP contribution < -0.4 is 9.54 Å². The third-order valence-corrected chi connectivity index (χ3v) is 4.59. The number of carbonyl (C=O) groups excluding carboxylic acids is 1. The largest absolute Gasteiger partial charge is 0.484 e. The van der Waals surface area contributed by atoms with E-state index in [0.29, 0.717) is 17.1 Å². The molecular formula is C19H17FN2O2S. The van der Waals surface area contributed by atoms with Crippen LogP contribution in [0.2, 0.25) is 0 Å². The maximum absolute atomic E-state index is 12.9. The molecule has 0 fully saturated rings. The van der Waals surface area contributed by atoms with Gasteiger partial charge in [-0.3, -0.25) is 4.79 Å². The van der Waals surface area contributed by atoms with Gasteiger partial charge in [-0.15, -0.1) is 6.58 Å². The van der Waals surface area contributed by atoms with Crippen molar-refractivity contribution in [2.75, 3.05) is 6.61 Å². The van der Waals surface area contributed by atoms with Crippen LogP contribution in [0.5, 0.6) is 5.75 Å². The molecule has 0 aliphatic rings. The average Bonchev–Trinajstić information content (AvgIpc) is 2.91. The van der Waals surface area contributed by atoms with E-state index in [9.17, 15) is 9.18 Å². The molecule has 0 radical (unpaired) electrons. The lowest BCUT2D eigenvalue weighted by Gasteiger charge is -2.03. The van der Waals surface area contributed by atoms with Gasteiger partial charge in [0.25, 0.3) is 5.91 Å². The maximum Gasteiger partial charge on any atom is 0.286 e. The Morgan fingerprint density at radius 3 is 2.80 bits per heavy atom. The molecule has 128 valence electrons. The number of benzene rings is 2. The third kappa shape index (κ3) is 4.03. The lowest BCUT2D eigenvalue weighted by atomic mass is 10.2. The van der Waals surface area contributed by atoms with Gasteiger partial charge in [-0.05, 0) is 48.9 Å². The number of allylic oxidation sites excluding steroid dienone is 1. The number of thiazole rings is 1. The molecule has 0 saturated heterocycles. The summed E-state index contributed by atoms with van der Waals surface area (Å²) >= 11 is 1.45. The van der Waals surface area contributed by atoms with E-state index in [1.165, 1.54) is 35.6 Å². The molecule has 0 aliphatic heterocycles. The number of fused-ring (bicyclic) bond motifs is 1. The first-order chi connectivity index (χ1) is 12.1. The SMILES string of the molecule is C=CCn1c(=NC(=O)COc2ccc(F)cc2)sc2cc(C)ccc21. The monoisotopic (exact) mass is 356 g/mol. The fourth-order valence-electron chi connectivity index (χ4n) is 2.39. The summed E-state index contributed by atoms with van der Waals surface area (Å²) in [6, 6.07) is 11.6. The molecule has 2 aromatic carbocycles. The van der Waals surface area contributed by atoms with Crippen LogP contribution in [0.25, 0.3) is 10.2 Å². The molecule has 1 heterocycles. The van der Waals surface area contributed by atoms with Crippen molar-refractivity contribution in [1.82, 2.24) is 4.57 Å². The number of aryl methyl sites for hydroxylation is 1. The van der Waals surface area contributed by atoms with Gasteiger partial charge >= 0.3 is 0 Å². The fraction of sp³-hybridized carbons (Fsp3) is 0.158. The van der Waals surface area contributed by atoms with Crippen molar-refractivity contribution in [2.24, 2.45) is 4.99 Å². The van der Waals surface area contributed by atoms with Gasteiger partial charge < -0.3 is 9.30 Å². The van der Waals surface area contributed by atoms with Gasteiger partial charge in [-0.25, -0.2) is 4.39 Å². The molecule has 0 atom stereocenters. The van der Waals surface area contributed by atoms with Crippen molar-refractivity contribution >= 4 is 27.5 Å². The summed E-state index contributed by atoms with van der Waals surface area (Å²) < 4.78 is 21.2. The Balaban J connectivity index is 1.86. The van der Waals surface area contributed by atoms with E-state index in [-0.39, 0.29) is 12.4 Å². The predicted octanol–water partition coefficient (Wildman–Crippen LogP) is 3.84. The van der Waals surface area contributed by atoms with Crippen LogP contribution in [-0.2, 0) is 11.3 Å². The molecule has 0 N–H and O–H groups in total. The van der Waals surface area contributed by atoms with E-state index < -0.39 is 5.91 Å². The Kier molecular flexibility index (Phi) is 5.09. The maximum atomic E-state index is 12.9. The number of ether oxygens (including phenoxy) is 1. The Labute approximate surface area is 148 Å². The van der Waals surface area contributed by atoms with Crippen molar-refractivity contribution < 1.29 is 13.9 Å². The molecule has 3 aromatic rings. The zero-order valence-electron chi connectivity index (χ0n) is 13.7. The summed E-state index contributed by atoms with van der Waals surface area (Å²) in [5, 5.41) is 0. The molecule has 6 heteroatoms. The highest BCUT2D eigenvalue weighted by atomic mass is 32.1. The second kappa shape index (κ2) is 7.44. The summed E-state index contributed by atoms with van der Waals surface area (Å²) in [6.45, 7) is 6.15. The highest BCUT2D eigenvalue weighted by Crippen LogP contribution is 2.19. The predicted molar refractivity (Wildman–Crippen MR) is 97.2 cm³/mol. The minimum atomic E-state index is -0.398. The normalized spacial score (nSPS) is 11.7. The summed E-state index contributed by atoms with van der Waals surface area (Å²) in [6.07, 6.45) is 1.77. The van der Waals surface area contributed by atoms with Crippen LogP contribution in [0, 0.1) is 12.7 Å². The van der Waals surface area contributed by atoms with E-state index in [4.69, 9.17) is 4.74 Å². The van der Waals surface area contributed by atoms with Crippen molar-refractivity contribution in [2.45, 2.75) is 13.5 Å². The van der Waals surface area contributed by atoms with E-state index in [2.05, 4.69) is 17.6 Å². The quantitative estimate of drug-likeness (QED) is 0.652. The first-order valence-electron chi connectivity index (χ1n) is 7.73. The van der Waals surface area contributed by atoms with Gasteiger partial charge in [0.15, 0.2) is 11.4 Å². The average molecular weight is 356 g/mol. The molecule has 0 unspecified atom stereocenters. The topological polar surface area (TPSA) is 43.6 Å². The van der Waals surface area contributed by atoms with Gasteiger partial charge in [0.2, 0.25) is 0 Å². The number of hydrogen-bond donors (Lipinski definition) is 0. The smallest absolute Gasteiger partial charge is 0.286 e. The summed E-state index contributed by atoms with van der Waals surface area (Å²) in [4.78, 5) is 16.9. The minimum absolute atomic E-state index is 0.201. The number of carbonyl (C=O) groups is 1. The zero-order valence-corrected chi connectivity index (χ0v) is 14.6. The lowest BCUT2D eigenvalue weighted by molar-refractivity contribution is -0.120.